The van der Waals surface area contributed by atoms with E-state index in [1.165, 1.54) is 17.2 Å². The van der Waals surface area contributed by atoms with Crippen LogP contribution in [0, 0.1) is 11.6 Å². The largest absolute Gasteiger partial charge is 0.355 e. The fourth-order valence-corrected chi connectivity index (χ4v) is 2.19. The lowest BCUT2D eigenvalue weighted by Gasteiger charge is -2.16. The lowest BCUT2D eigenvalue weighted by molar-refractivity contribution is 0.0993. The standard InChI is InChI=1S/C17H12F2N2O2/c1-21(12-5-3-2-4-6-12)17(22)13-10-20-23-16(13)11-7-8-14(18)15(19)9-11/h2-10H,1H3. The number of benzene rings is 2. The first-order chi connectivity index (χ1) is 11.1. The number of hydrogen-bond donors (Lipinski definition) is 0. The topological polar surface area (TPSA) is 46.3 Å². The van der Waals surface area contributed by atoms with Gasteiger partial charge in [-0.1, -0.05) is 23.4 Å². The van der Waals surface area contributed by atoms with Crippen molar-refractivity contribution in [1.82, 2.24) is 5.16 Å². The second kappa shape index (κ2) is 6.00. The Morgan fingerprint density at radius 2 is 1.83 bits per heavy atom. The third-order valence-electron chi connectivity index (χ3n) is 3.43. The summed E-state index contributed by atoms with van der Waals surface area (Å²) in [4.78, 5) is 14.0. The van der Waals surface area contributed by atoms with E-state index >= 15 is 0 Å². The van der Waals surface area contributed by atoms with Gasteiger partial charge in [0.05, 0.1) is 6.20 Å². The molecule has 1 heterocycles. The van der Waals surface area contributed by atoms with Crippen LogP contribution in [0.3, 0.4) is 0 Å². The van der Waals surface area contributed by atoms with E-state index in [-0.39, 0.29) is 22.8 Å². The zero-order chi connectivity index (χ0) is 16.4. The first-order valence-electron chi connectivity index (χ1n) is 6.81. The van der Waals surface area contributed by atoms with Crippen molar-refractivity contribution in [1.29, 1.82) is 0 Å². The maximum atomic E-state index is 13.4. The molecular formula is C17H12F2N2O2. The number of hydrogen-bond acceptors (Lipinski definition) is 3. The summed E-state index contributed by atoms with van der Waals surface area (Å²) in [5, 5.41) is 3.61. The molecule has 0 aliphatic heterocycles. The number of para-hydroxylation sites is 1. The molecule has 3 aromatic rings. The normalized spacial score (nSPS) is 10.6. The van der Waals surface area contributed by atoms with Crippen molar-refractivity contribution in [2.45, 2.75) is 0 Å². The number of rotatable bonds is 3. The molecule has 1 aromatic heterocycles. The Balaban J connectivity index is 1.97. The highest BCUT2D eigenvalue weighted by molar-refractivity contribution is 6.08. The molecule has 0 unspecified atom stereocenters. The maximum Gasteiger partial charge on any atom is 0.263 e. The molecule has 0 aliphatic carbocycles. The van der Waals surface area contributed by atoms with E-state index in [1.807, 2.05) is 18.2 Å². The number of aromatic nitrogens is 1. The molecule has 0 saturated heterocycles. The minimum Gasteiger partial charge on any atom is -0.355 e. The summed E-state index contributed by atoms with van der Waals surface area (Å²) in [5.41, 5.74) is 1.10. The Kier molecular flexibility index (Phi) is 3.89. The molecule has 6 heteroatoms. The van der Waals surface area contributed by atoms with Crippen LogP contribution < -0.4 is 4.90 Å². The third kappa shape index (κ3) is 2.83. The molecule has 0 bridgehead atoms. The van der Waals surface area contributed by atoms with E-state index in [1.54, 1.807) is 19.2 Å². The van der Waals surface area contributed by atoms with Gasteiger partial charge in [-0.05, 0) is 30.3 Å². The second-order valence-electron chi connectivity index (χ2n) is 4.90. The van der Waals surface area contributed by atoms with E-state index in [0.717, 1.165) is 12.1 Å². The predicted molar refractivity (Wildman–Crippen MR) is 81.0 cm³/mol. The summed E-state index contributed by atoms with van der Waals surface area (Å²) in [6.07, 6.45) is 1.26. The van der Waals surface area contributed by atoms with Gasteiger partial charge in [-0.3, -0.25) is 4.79 Å². The number of nitrogens with zero attached hydrogens (tertiary/aromatic N) is 2. The van der Waals surface area contributed by atoms with Crippen molar-refractivity contribution in [3.8, 4) is 11.3 Å². The summed E-state index contributed by atoms with van der Waals surface area (Å²) in [6.45, 7) is 0. The van der Waals surface area contributed by atoms with Crippen LogP contribution >= 0.6 is 0 Å². The van der Waals surface area contributed by atoms with Crippen LogP contribution in [0.2, 0.25) is 0 Å². The highest BCUT2D eigenvalue weighted by Crippen LogP contribution is 2.27. The second-order valence-corrected chi connectivity index (χ2v) is 4.90. The number of halogens is 2. The zero-order valence-corrected chi connectivity index (χ0v) is 12.2. The molecule has 1 amide bonds. The van der Waals surface area contributed by atoms with Gasteiger partial charge in [0.25, 0.3) is 5.91 Å². The van der Waals surface area contributed by atoms with E-state index in [2.05, 4.69) is 5.16 Å². The van der Waals surface area contributed by atoms with Crippen LogP contribution in [-0.4, -0.2) is 18.1 Å². The Bertz CT molecular complexity index is 847. The lowest BCUT2D eigenvalue weighted by Crippen LogP contribution is -2.26. The van der Waals surface area contributed by atoms with Gasteiger partial charge in [0.2, 0.25) is 0 Å². The predicted octanol–water partition coefficient (Wildman–Crippen LogP) is 3.90. The minimum atomic E-state index is -1.02. The van der Waals surface area contributed by atoms with Gasteiger partial charge in [-0.25, -0.2) is 8.78 Å². The smallest absolute Gasteiger partial charge is 0.263 e. The molecule has 0 aliphatic rings. The summed E-state index contributed by atoms with van der Waals surface area (Å²) >= 11 is 0. The number of carbonyl (C=O) groups excluding carboxylic acids is 1. The number of anilines is 1. The Morgan fingerprint density at radius 1 is 1.09 bits per heavy atom. The highest BCUT2D eigenvalue weighted by atomic mass is 19.2. The molecule has 0 radical (unpaired) electrons. The summed E-state index contributed by atoms with van der Waals surface area (Å²) < 4.78 is 31.5. The van der Waals surface area contributed by atoms with Crippen LogP contribution in [0.4, 0.5) is 14.5 Å². The van der Waals surface area contributed by atoms with Gasteiger partial charge < -0.3 is 9.42 Å². The van der Waals surface area contributed by atoms with Gasteiger partial charge in [0, 0.05) is 18.3 Å². The van der Waals surface area contributed by atoms with Gasteiger partial charge in [0.1, 0.15) is 5.56 Å². The molecule has 3 rings (SSSR count). The highest BCUT2D eigenvalue weighted by Gasteiger charge is 2.22. The Hall–Kier alpha value is -3.02. The van der Waals surface area contributed by atoms with Crippen molar-refractivity contribution < 1.29 is 18.1 Å². The quantitative estimate of drug-likeness (QED) is 0.736. The Labute approximate surface area is 130 Å². The monoisotopic (exact) mass is 314 g/mol. The molecular weight excluding hydrogens is 302 g/mol. The van der Waals surface area contributed by atoms with Crippen LogP contribution in [-0.2, 0) is 0 Å². The van der Waals surface area contributed by atoms with E-state index < -0.39 is 11.6 Å². The summed E-state index contributed by atoms with van der Waals surface area (Å²) in [6, 6.07) is 12.3. The maximum absolute atomic E-state index is 13.4. The third-order valence-corrected chi connectivity index (χ3v) is 3.43. The number of carbonyl (C=O) groups is 1. The van der Waals surface area contributed by atoms with Crippen LogP contribution in [0.25, 0.3) is 11.3 Å². The molecule has 0 saturated carbocycles. The fourth-order valence-electron chi connectivity index (χ4n) is 2.19. The van der Waals surface area contributed by atoms with Crippen molar-refractivity contribution in [2.24, 2.45) is 0 Å². The van der Waals surface area contributed by atoms with Gasteiger partial charge in [0.15, 0.2) is 17.4 Å². The van der Waals surface area contributed by atoms with E-state index in [0.29, 0.717) is 5.69 Å². The van der Waals surface area contributed by atoms with Crippen molar-refractivity contribution in [3.63, 3.8) is 0 Å². The molecule has 23 heavy (non-hydrogen) atoms. The van der Waals surface area contributed by atoms with Crippen molar-refractivity contribution >= 4 is 11.6 Å². The van der Waals surface area contributed by atoms with Crippen molar-refractivity contribution in [2.75, 3.05) is 11.9 Å². The van der Waals surface area contributed by atoms with Crippen molar-refractivity contribution in [3.05, 3.63) is 71.9 Å². The first-order valence-corrected chi connectivity index (χ1v) is 6.81. The molecule has 0 fully saturated rings. The zero-order valence-electron chi connectivity index (χ0n) is 12.2. The van der Waals surface area contributed by atoms with E-state index in [9.17, 15) is 13.6 Å². The molecule has 116 valence electrons. The fraction of sp³-hybridized carbons (Fsp3) is 0.0588. The number of amides is 1. The molecule has 0 spiro atoms. The Morgan fingerprint density at radius 3 is 2.52 bits per heavy atom. The van der Waals surface area contributed by atoms with E-state index in [4.69, 9.17) is 4.52 Å². The van der Waals surface area contributed by atoms with Gasteiger partial charge in [-0.2, -0.15) is 0 Å². The molecule has 4 nitrogen and oxygen atoms in total. The molecule has 2 aromatic carbocycles. The molecule has 0 atom stereocenters. The summed E-state index contributed by atoms with van der Waals surface area (Å²) in [5.74, 6) is -2.26. The minimum absolute atomic E-state index is 0.0941. The average molecular weight is 314 g/mol. The lowest BCUT2D eigenvalue weighted by atomic mass is 10.1. The average Bonchev–Trinajstić information content (AvgIpc) is 3.06. The SMILES string of the molecule is CN(C(=O)c1cnoc1-c1ccc(F)c(F)c1)c1ccccc1. The first kappa shape index (κ1) is 14.9. The van der Waals surface area contributed by atoms with Gasteiger partial charge in [-0.15, -0.1) is 0 Å². The van der Waals surface area contributed by atoms with Crippen LogP contribution in [0.1, 0.15) is 10.4 Å². The van der Waals surface area contributed by atoms with Gasteiger partial charge >= 0.3 is 0 Å². The summed E-state index contributed by atoms with van der Waals surface area (Å²) in [7, 11) is 1.61. The van der Waals surface area contributed by atoms with Crippen LogP contribution in [0.15, 0.2) is 59.3 Å². The molecule has 0 N–H and O–H groups in total. The van der Waals surface area contributed by atoms with Crippen LogP contribution in [0.5, 0.6) is 0 Å².